The Morgan fingerprint density at radius 1 is 1.75 bits per heavy atom. The van der Waals surface area contributed by atoms with E-state index in [4.69, 9.17) is 17.3 Å². The lowest BCUT2D eigenvalue weighted by Gasteiger charge is -2.03. The average molecular weight is 188 g/mol. The van der Waals surface area contributed by atoms with Crippen molar-refractivity contribution in [1.29, 1.82) is 0 Å². The van der Waals surface area contributed by atoms with E-state index in [2.05, 4.69) is 4.98 Å². The van der Waals surface area contributed by atoms with Crippen molar-refractivity contribution in [3.05, 3.63) is 17.2 Å². The van der Waals surface area contributed by atoms with Crippen LogP contribution in [0.1, 0.15) is 16.9 Å². The number of carbonyl (C=O) groups excluding carboxylic acids is 1. The first-order valence-corrected chi connectivity index (χ1v) is 4.03. The van der Waals surface area contributed by atoms with Gasteiger partial charge in [-0.15, -0.1) is 0 Å². The zero-order chi connectivity index (χ0) is 8.97. The molecular weight excluding hydrogens is 178 g/mol. The summed E-state index contributed by atoms with van der Waals surface area (Å²) in [5.41, 5.74) is 5.82. The second-order valence-electron chi connectivity index (χ2n) is 2.36. The molecule has 0 saturated carbocycles. The molecule has 5 heteroatoms. The van der Waals surface area contributed by atoms with Crippen LogP contribution < -0.4 is 5.73 Å². The second-order valence-corrected chi connectivity index (χ2v) is 2.70. The Bertz CT molecular complexity index is 272. The van der Waals surface area contributed by atoms with Crippen LogP contribution in [0.4, 0.5) is 0 Å². The summed E-state index contributed by atoms with van der Waals surface area (Å²) in [5, 5.41) is 0.338. The highest BCUT2D eigenvalue weighted by Gasteiger charge is 2.05. The molecule has 0 aliphatic carbocycles. The summed E-state index contributed by atoms with van der Waals surface area (Å²) >= 11 is 5.71. The SMILES string of the molecule is NCCCn1c(C=O)cnc1Cl. The van der Waals surface area contributed by atoms with Crippen molar-refractivity contribution in [3.63, 3.8) is 0 Å². The van der Waals surface area contributed by atoms with Crippen molar-refractivity contribution in [2.45, 2.75) is 13.0 Å². The molecular formula is C7H10ClN3O. The van der Waals surface area contributed by atoms with Crippen LogP contribution in [-0.4, -0.2) is 22.4 Å². The number of rotatable bonds is 4. The third-order valence-corrected chi connectivity index (χ3v) is 1.85. The quantitative estimate of drug-likeness (QED) is 0.706. The van der Waals surface area contributed by atoms with Gasteiger partial charge in [0.15, 0.2) is 6.29 Å². The minimum Gasteiger partial charge on any atom is -0.330 e. The number of carbonyl (C=O) groups is 1. The third kappa shape index (κ3) is 1.84. The summed E-state index contributed by atoms with van der Waals surface area (Å²) in [6, 6.07) is 0. The summed E-state index contributed by atoms with van der Waals surface area (Å²) in [5.74, 6) is 0. The predicted molar refractivity (Wildman–Crippen MR) is 46.3 cm³/mol. The van der Waals surface area contributed by atoms with E-state index >= 15 is 0 Å². The number of halogens is 1. The van der Waals surface area contributed by atoms with Gasteiger partial charge in [-0.1, -0.05) is 0 Å². The van der Waals surface area contributed by atoms with Crippen LogP contribution in [0.3, 0.4) is 0 Å². The number of aldehydes is 1. The molecule has 1 aromatic rings. The van der Waals surface area contributed by atoms with Crippen molar-refractivity contribution < 1.29 is 4.79 Å². The standard InChI is InChI=1S/C7H10ClN3O/c8-7-10-4-6(5-12)11(7)3-1-2-9/h4-5H,1-3,9H2. The van der Waals surface area contributed by atoms with Gasteiger partial charge in [-0.05, 0) is 24.6 Å². The third-order valence-electron chi connectivity index (χ3n) is 1.54. The molecule has 0 atom stereocenters. The molecule has 0 radical (unpaired) electrons. The van der Waals surface area contributed by atoms with Crippen LogP contribution in [0, 0.1) is 0 Å². The van der Waals surface area contributed by atoms with Gasteiger partial charge in [0.1, 0.15) is 5.69 Å². The number of aromatic nitrogens is 2. The Morgan fingerprint density at radius 2 is 2.50 bits per heavy atom. The van der Waals surface area contributed by atoms with Gasteiger partial charge in [0, 0.05) is 6.54 Å². The fourth-order valence-electron chi connectivity index (χ4n) is 0.930. The molecule has 0 fully saturated rings. The Kier molecular flexibility index (Phi) is 3.25. The van der Waals surface area contributed by atoms with Gasteiger partial charge >= 0.3 is 0 Å². The highest BCUT2D eigenvalue weighted by Crippen LogP contribution is 2.09. The minimum atomic E-state index is 0.338. The monoisotopic (exact) mass is 187 g/mol. The van der Waals surface area contributed by atoms with Gasteiger partial charge in [-0.2, -0.15) is 0 Å². The Hall–Kier alpha value is -0.870. The van der Waals surface area contributed by atoms with Crippen molar-refractivity contribution in [3.8, 4) is 0 Å². The normalized spacial score (nSPS) is 10.2. The molecule has 12 heavy (non-hydrogen) atoms. The molecule has 0 spiro atoms. The average Bonchev–Trinajstić information content (AvgIpc) is 2.43. The van der Waals surface area contributed by atoms with Crippen molar-refractivity contribution in [1.82, 2.24) is 9.55 Å². The number of imidazole rings is 1. The zero-order valence-corrected chi connectivity index (χ0v) is 7.29. The predicted octanol–water partition coefficient (Wildman–Crippen LogP) is 0.698. The molecule has 0 aliphatic rings. The van der Waals surface area contributed by atoms with Crippen molar-refractivity contribution in [2.24, 2.45) is 5.73 Å². The smallest absolute Gasteiger partial charge is 0.203 e. The van der Waals surface area contributed by atoms with Crippen LogP contribution in [0.25, 0.3) is 0 Å². The summed E-state index contributed by atoms with van der Waals surface area (Å²) in [6.45, 7) is 1.22. The number of nitrogens with zero attached hydrogens (tertiary/aromatic N) is 2. The first kappa shape index (κ1) is 9.22. The largest absolute Gasteiger partial charge is 0.330 e. The molecule has 66 valence electrons. The van der Waals surface area contributed by atoms with Crippen LogP contribution in [-0.2, 0) is 6.54 Å². The molecule has 0 bridgehead atoms. The van der Waals surface area contributed by atoms with Gasteiger partial charge in [0.25, 0.3) is 0 Å². The Morgan fingerprint density at radius 3 is 3.08 bits per heavy atom. The number of nitrogens with two attached hydrogens (primary N) is 1. The Labute approximate surface area is 75.3 Å². The van der Waals surface area contributed by atoms with E-state index in [1.54, 1.807) is 4.57 Å². The van der Waals surface area contributed by atoms with E-state index in [9.17, 15) is 4.79 Å². The molecule has 0 saturated heterocycles. The topological polar surface area (TPSA) is 60.9 Å². The van der Waals surface area contributed by atoms with Crippen LogP contribution in [0.5, 0.6) is 0 Å². The van der Waals surface area contributed by atoms with Crippen LogP contribution >= 0.6 is 11.6 Å². The number of hydrogen-bond acceptors (Lipinski definition) is 3. The molecule has 1 rings (SSSR count). The van der Waals surface area contributed by atoms with Gasteiger partial charge in [-0.25, -0.2) is 4.98 Å². The maximum atomic E-state index is 10.5. The lowest BCUT2D eigenvalue weighted by molar-refractivity contribution is 0.111. The molecule has 0 aliphatic heterocycles. The first-order chi connectivity index (χ1) is 5.79. The fraction of sp³-hybridized carbons (Fsp3) is 0.429. The summed E-state index contributed by atoms with van der Waals surface area (Å²) in [7, 11) is 0. The molecule has 1 aromatic heterocycles. The molecule has 0 amide bonds. The van der Waals surface area contributed by atoms with E-state index in [0.29, 0.717) is 24.1 Å². The van der Waals surface area contributed by atoms with Crippen LogP contribution in [0.15, 0.2) is 6.20 Å². The lowest BCUT2D eigenvalue weighted by Crippen LogP contribution is -2.08. The highest BCUT2D eigenvalue weighted by atomic mass is 35.5. The van der Waals surface area contributed by atoms with Gasteiger partial charge < -0.3 is 10.3 Å². The maximum Gasteiger partial charge on any atom is 0.203 e. The summed E-state index contributed by atoms with van der Waals surface area (Å²) < 4.78 is 1.64. The fourth-order valence-corrected chi connectivity index (χ4v) is 1.16. The lowest BCUT2D eigenvalue weighted by atomic mass is 10.4. The molecule has 4 nitrogen and oxygen atoms in total. The summed E-state index contributed by atoms with van der Waals surface area (Å²) in [4.78, 5) is 14.2. The van der Waals surface area contributed by atoms with Gasteiger partial charge in [-0.3, -0.25) is 4.79 Å². The number of hydrogen-bond donors (Lipinski definition) is 1. The molecule has 2 N–H and O–H groups in total. The van der Waals surface area contributed by atoms with E-state index < -0.39 is 0 Å². The summed E-state index contributed by atoms with van der Waals surface area (Å²) in [6.07, 6.45) is 2.97. The highest BCUT2D eigenvalue weighted by molar-refractivity contribution is 6.28. The van der Waals surface area contributed by atoms with E-state index in [1.165, 1.54) is 6.20 Å². The van der Waals surface area contributed by atoms with E-state index in [-0.39, 0.29) is 0 Å². The first-order valence-electron chi connectivity index (χ1n) is 3.66. The van der Waals surface area contributed by atoms with Crippen molar-refractivity contribution in [2.75, 3.05) is 6.54 Å². The van der Waals surface area contributed by atoms with Crippen LogP contribution in [0.2, 0.25) is 5.28 Å². The minimum absolute atomic E-state index is 0.338. The van der Waals surface area contributed by atoms with Gasteiger partial charge in [0.2, 0.25) is 5.28 Å². The zero-order valence-electron chi connectivity index (χ0n) is 6.53. The molecule has 1 heterocycles. The van der Waals surface area contributed by atoms with Crippen molar-refractivity contribution >= 4 is 17.9 Å². The van der Waals surface area contributed by atoms with E-state index in [1.807, 2.05) is 0 Å². The molecule has 0 aromatic carbocycles. The Balaban J connectivity index is 2.79. The van der Waals surface area contributed by atoms with E-state index in [0.717, 1.165) is 12.7 Å². The molecule has 0 unspecified atom stereocenters. The maximum absolute atomic E-state index is 10.5. The second kappa shape index (κ2) is 4.23. The van der Waals surface area contributed by atoms with Gasteiger partial charge in [0.05, 0.1) is 6.20 Å².